The summed E-state index contributed by atoms with van der Waals surface area (Å²) in [7, 11) is -3.98. The Morgan fingerprint density at radius 2 is 1.79 bits per heavy atom. The molecule has 178 valence electrons. The molecule has 3 aromatic rings. The molecule has 0 radical (unpaired) electrons. The molecule has 1 N–H and O–H groups in total. The van der Waals surface area contributed by atoms with Gasteiger partial charge in [-0.15, -0.1) is 0 Å². The van der Waals surface area contributed by atoms with Gasteiger partial charge in [0.1, 0.15) is 0 Å². The first-order valence-corrected chi connectivity index (χ1v) is 13.8. The fraction of sp³-hybridized carbons (Fsp3) is 0.240. The van der Waals surface area contributed by atoms with Gasteiger partial charge in [0.25, 0.3) is 0 Å². The molecular weight excluding hydrogens is 559 g/mol. The molecule has 0 saturated carbocycles. The van der Waals surface area contributed by atoms with E-state index in [2.05, 4.69) is 27.3 Å². The molecule has 34 heavy (non-hydrogen) atoms. The van der Waals surface area contributed by atoms with E-state index in [-0.39, 0.29) is 29.9 Å². The Morgan fingerprint density at radius 1 is 1.06 bits per heavy atom. The van der Waals surface area contributed by atoms with Gasteiger partial charge in [-0.3, -0.25) is 4.79 Å². The van der Waals surface area contributed by atoms with Crippen molar-refractivity contribution in [3.63, 3.8) is 0 Å². The molecule has 0 fully saturated rings. The summed E-state index contributed by atoms with van der Waals surface area (Å²) in [5, 5.41) is 3.83. The fourth-order valence-electron chi connectivity index (χ4n) is 4.13. The molecule has 1 aliphatic carbocycles. The van der Waals surface area contributed by atoms with Gasteiger partial charge in [0.05, 0.1) is 17.5 Å². The monoisotopic (exact) mass is 580 g/mol. The van der Waals surface area contributed by atoms with E-state index in [0.29, 0.717) is 15.6 Å². The van der Waals surface area contributed by atoms with Gasteiger partial charge in [0, 0.05) is 21.1 Å². The number of hydrogen-bond acceptors (Lipinski definition) is 3. The maximum atomic E-state index is 13.5. The standard InChI is InChI=1S/C25H23BrCl2N2O3S/c26-19-9-12-21(13-10-19)34(32,33)30(15-18-8-11-20(27)14-23(18)28)16-25(31)29-24-7-3-5-17-4-1-2-6-22(17)24/h1-2,4,6,8-14,24H,3,5,7,15-16H2,(H,29,31)/t24-/m0/s1. The Morgan fingerprint density at radius 3 is 2.53 bits per heavy atom. The topological polar surface area (TPSA) is 66.5 Å². The van der Waals surface area contributed by atoms with Gasteiger partial charge in [-0.2, -0.15) is 4.31 Å². The second kappa shape index (κ2) is 10.8. The Kier molecular flexibility index (Phi) is 8.00. The number of carbonyl (C=O) groups excluding carboxylic acids is 1. The molecule has 0 heterocycles. The Hall–Kier alpha value is -1.90. The number of amides is 1. The zero-order valence-corrected chi connectivity index (χ0v) is 22.1. The molecule has 0 spiro atoms. The minimum Gasteiger partial charge on any atom is -0.348 e. The highest BCUT2D eigenvalue weighted by Gasteiger charge is 2.29. The van der Waals surface area contributed by atoms with E-state index < -0.39 is 10.0 Å². The minimum absolute atomic E-state index is 0.0664. The van der Waals surface area contributed by atoms with Gasteiger partial charge >= 0.3 is 0 Å². The van der Waals surface area contributed by atoms with Crippen molar-refractivity contribution in [1.82, 2.24) is 9.62 Å². The van der Waals surface area contributed by atoms with Crippen LogP contribution in [0.5, 0.6) is 0 Å². The lowest BCUT2D eigenvalue weighted by Crippen LogP contribution is -2.42. The van der Waals surface area contributed by atoms with Crippen LogP contribution in [0, 0.1) is 0 Å². The van der Waals surface area contributed by atoms with Gasteiger partial charge in [-0.05, 0) is 72.4 Å². The summed E-state index contributed by atoms with van der Waals surface area (Å²) in [5.74, 6) is -0.368. The molecule has 3 aromatic carbocycles. The summed E-state index contributed by atoms with van der Waals surface area (Å²) in [6.07, 6.45) is 2.75. The zero-order chi connectivity index (χ0) is 24.3. The first-order valence-electron chi connectivity index (χ1n) is 10.8. The number of rotatable bonds is 7. The molecule has 1 aliphatic rings. The van der Waals surface area contributed by atoms with Gasteiger partial charge in [0.15, 0.2) is 0 Å². The van der Waals surface area contributed by atoms with Crippen molar-refractivity contribution in [1.29, 1.82) is 0 Å². The SMILES string of the molecule is O=C(CN(Cc1ccc(Cl)cc1Cl)S(=O)(=O)c1ccc(Br)cc1)N[C@H]1CCCc2ccccc21. The molecule has 0 unspecified atom stereocenters. The van der Waals surface area contributed by atoms with Crippen LogP contribution in [0.25, 0.3) is 0 Å². The van der Waals surface area contributed by atoms with Crippen LogP contribution >= 0.6 is 39.1 Å². The Labute approximate surface area is 218 Å². The Balaban J connectivity index is 1.60. The van der Waals surface area contributed by atoms with Crippen molar-refractivity contribution in [2.45, 2.75) is 36.7 Å². The third-order valence-corrected chi connectivity index (χ3v) is 8.76. The summed E-state index contributed by atoms with van der Waals surface area (Å²) < 4.78 is 28.9. The molecule has 9 heteroatoms. The van der Waals surface area contributed by atoms with Crippen molar-refractivity contribution in [3.05, 3.63) is 97.9 Å². The summed E-state index contributed by atoms with van der Waals surface area (Å²) in [5.41, 5.74) is 2.86. The number of carbonyl (C=O) groups is 1. The number of nitrogens with one attached hydrogen (secondary N) is 1. The van der Waals surface area contributed by atoms with E-state index in [0.717, 1.165) is 33.6 Å². The number of halogens is 3. The maximum Gasteiger partial charge on any atom is 0.243 e. The van der Waals surface area contributed by atoms with Crippen molar-refractivity contribution in [2.75, 3.05) is 6.54 Å². The van der Waals surface area contributed by atoms with Crippen molar-refractivity contribution < 1.29 is 13.2 Å². The van der Waals surface area contributed by atoms with E-state index in [9.17, 15) is 13.2 Å². The highest BCUT2D eigenvalue weighted by Crippen LogP contribution is 2.30. The summed E-state index contributed by atoms with van der Waals surface area (Å²) in [6.45, 7) is -0.404. The van der Waals surface area contributed by atoms with Crippen molar-refractivity contribution in [2.24, 2.45) is 0 Å². The molecular formula is C25H23BrCl2N2O3S. The number of fused-ring (bicyclic) bond motifs is 1. The second-order valence-electron chi connectivity index (χ2n) is 8.17. The number of benzene rings is 3. The number of sulfonamides is 1. The van der Waals surface area contributed by atoms with Crippen molar-refractivity contribution in [3.8, 4) is 0 Å². The van der Waals surface area contributed by atoms with Crippen LogP contribution in [0.4, 0.5) is 0 Å². The van der Waals surface area contributed by atoms with Crippen LogP contribution < -0.4 is 5.32 Å². The smallest absolute Gasteiger partial charge is 0.243 e. The highest BCUT2D eigenvalue weighted by molar-refractivity contribution is 9.10. The number of aryl methyl sites for hydroxylation is 1. The van der Waals surface area contributed by atoms with E-state index >= 15 is 0 Å². The average Bonchev–Trinajstić information content (AvgIpc) is 2.81. The highest BCUT2D eigenvalue weighted by atomic mass is 79.9. The number of hydrogen-bond donors (Lipinski definition) is 1. The lowest BCUT2D eigenvalue weighted by atomic mass is 9.88. The molecule has 1 amide bonds. The fourth-order valence-corrected chi connectivity index (χ4v) is 6.23. The molecule has 0 bridgehead atoms. The lowest BCUT2D eigenvalue weighted by Gasteiger charge is -2.28. The third kappa shape index (κ3) is 5.83. The molecule has 1 atom stereocenters. The summed E-state index contributed by atoms with van der Waals surface area (Å²) >= 11 is 15.7. The first-order chi connectivity index (χ1) is 16.2. The average molecular weight is 582 g/mol. The van der Waals surface area contributed by atoms with Gasteiger partial charge < -0.3 is 5.32 Å². The molecule has 4 rings (SSSR count). The minimum atomic E-state index is -3.98. The maximum absolute atomic E-state index is 13.5. The third-order valence-electron chi connectivity index (χ3n) is 5.84. The molecule has 5 nitrogen and oxygen atoms in total. The Bertz CT molecular complexity index is 1300. The van der Waals surface area contributed by atoms with E-state index in [1.165, 1.54) is 17.7 Å². The predicted molar refractivity (Wildman–Crippen MR) is 138 cm³/mol. The van der Waals surface area contributed by atoms with E-state index in [1.54, 1.807) is 30.3 Å². The largest absolute Gasteiger partial charge is 0.348 e. The van der Waals surface area contributed by atoms with Gasteiger partial charge in [-0.1, -0.05) is 69.5 Å². The van der Waals surface area contributed by atoms with E-state index in [4.69, 9.17) is 23.2 Å². The summed E-state index contributed by atoms with van der Waals surface area (Å²) in [4.78, 5) is 13.2. The summed E-state index contributed by atoms with van der Waals surface area (Å²) in [6, 6.07) is 19.1. The van der Waals surface area contributed by atoms with Crippen molar-refractivity contribution >= 4 is 55.1 Å². The molecule has 0 aliphatic heterocycles. The predicted octanol–water partition coefficient (Wildman–Crippen LogP) is 6.14. The zero-order valence-electron chi connectivity index (χ0n) is 18.2. The number of nitrogens with zero attached hydrogens (tertiary/aromatic N) is 1. The van der Waals surface area contributed by atoms with Gasteiger partial charge in [0.2, 0.25) is 15.9 Å². The van der Waals surface area contributed by atoms with Crippen LogP contribution in [0.3, 0.4) is 0 Å². The lowest BCUT2D eigenvalue weighted by molar-refractivity contribution is -0.122. The van der Waals surface area contributed by atoms with Crippen LogP contribution in [0.15, 0.2) is 76.1 Å². The first kappa shape index (κ1) is 25.2. The van der Waals surface area contributed by atoms with E-state index in [1.807, 2.05) is 18.2 Å². The molecule has 0 saturated heterocycles. The normalized spacial score (nSPS) is 15.7. The van der Waals surface area contributed by atoms with Crippen LogP contribution in [0.2, 0.25) is 10.0 Å². The van der Waals surface area contributed by atoms with Crippen LogP contribution in [-0.2, 0) is 27.8 Å². The molecule has 0 aromatic heterocycles. The second-order valence-corrected chi connectivity index (χ2v) is 11.9. The van der Waals surface area contributed by atoms with Crippen LogP contribution in [0.1, 0.15) is 35.6 Å². The van der Waals surface area contributed by atoms with Gasteiger partial charge in [-0.25, -0.2) is 8.42 Å². The van der Waals surface area contributed by atoms with Crippen LogP contribution in [-0.4, -0.2) is 25.2 Å². The quantitative estimate of drug-likeness (QED) is 0.364.